The molecule has 1 fully saturated rings. The van der Waals surface area contributed by atoms with E-state index in [4.69, 9.17) is 0 Å². The molecule has 0 saturated carbocycles. The number of amides is 3. The van der Waals surface area contributed by atoms with Crippen LogP contribution in [0.4, 0.5) is 14.9 Å². The first kappa shape index (κ1) is 21.1. The maximum atomic E-state index is 13.3. The lowest BCUT2D eigenvalue weighted by molar-refractivity contribution is -0.120. The second-order valence-electron chi connectivity index (χ2n) is 8.54. The zero-order valence-corrected chi connectivity index (χ0v) is 18.4. The number of rotatable bonds is 3. The summed E-state index contributed by atoms with van der Waals surface area (Å²) < 4.78 is 15.3. The summed E-state index contributed by atoms with van der Waals surface area (Å²) in [5.74, 6) is 1.11. The number of piperazine rings is 1. The summed E-state index contributed by atoms with van der Waals surface area (Å²) in [6, 6.07) is 13.6. The minimum absolute atomic E-state index is 0.0468. The van der Waals surface area contributed by atoms with Gasteiger partial charge in [0.25, 0.3) is 0 Å². The SMILES string of the molecule is Cc1ccc(N2CCN(C(=O)NC3CCc4nnc(-c5ccc(F)cc5)n4C3)CC2=O)cc1. The highest BCUT2D eigenvalue weighted by molar-refractivity contribution is 5.97. The standard InChI is InChI=1S/C24H25FN6O2/c1-16-2-9-20(10-3-16)30-13-12-29(15-22(30)32)24(33)26-19-8-11-21-27-28-23(31(21)14-19)17-4-6-18(25)7-5-17/h2-7,9-10,19H,8,11-15H2,1H3,(H,26,33). The van der Waals surface area contributed by atoms with E-state index in [9.17, 15) is 14.0 Å². The van der Waals surface area contributed by atoms with Crippen molar-refractivity contribution in [2.75, 3.05) is 24.5 Å². The first-order chi connectivity index (χ1) is 16.0. The van der Waals surface area contributed by atoms with Gasteiger partial charge >= 0.3 is 6.03 Å². The van der Waals surface area contributed by atoms with Crippen LogP contribution >= 0.6 is 0 Å². The van der Waals surface area contributed by atoms with E-state index in [1.165, 1.54) is 12.1 Å². The molecule has 1 aromatic heterocycles. The van der Waals surface area contributed by atoms with Crippen LogP contribution in [0.2, 0.25) is 0 Å². The van der Waals surface area contributed by atoms with Gasteiger partial charge < -0.3 is 19.7 Å². The zero-order chi connectivity index (χ0) is 22.9. The topological polar surface area (TPSA) is 83.4 Å². The molecule has 5 rings (SSSR count). The normalized spacial score (nSPS) is 18.2. The molecule has 1 saturated heterocycles. The molecule has 0 bridgehead atoms. The van der Waals surface area contributed by atoms with Crippen molar-refractivity contribution in [3.05, 3.63) is 65.7 Å². The predicted molar refractivity (Wildman–Crippen MR) is 121 cm³/mol. The largest absolute Gasteiger partial charge is 0.333 e. The predicted octanol–water partition coefficient (Wildman–Crippen LogP) is 2.77. The monoisotopic (exact) mass is 448 g/mol. The first-order valence-electron chi connectivity index (χ1n) is 11.1. The van der Waals surface area contributed by atoms with Crippen molar-refractivity contribution in [2.24, 2.45) is 0 Å². The molecule has 1 unspecified atom stereocenters. The van der Waals surface area contributed by atoms with Crippen LogP contribution in [0.5, 0.6) is 0 Å². The van der Waals surface area contributed by atoms with Crippen LogP contribution in [0.1, 0.15) is 17.8 Å². The highest BCUT2D eigenvalue weighted by Crippen LogP contribution is 2.24. The molecular weight excluding hydrogens is 423 g/mol. The molecule has 170 valence electrons. The third kappa shape index (κ3) is 4.30. The summed E-state index contributed by atoms with van der Waals surface area (Å²) in [7, 11) is 0. The van der Waals surface area contributed by atoms with Gasteiger partial charge in [-0.3, -0.25) is 4.79 Å². The molecule has 3 heterocycles. The van der Waals surface area contributed by atoms with Crippen molar-refractivity contribution in [2.45, 2.75) is 32.4 Å². The van der Waals surface area contributed by atoms with E-state index in [-0.39, 0.29) is 30.3 Å². The Labute approximate surface area is 191 Å². The summed E-state index contributed by atoms with van der Waals surface area (Å²) in [4.78, 5) is 28.9. The fraction of sp³-hybridized carbons (Fsp3) is 0.333. The number of aryl methyl sites for hydroxylation is 2. The van der Waals surface area contributed by atoms with Crippen LogP contribution in [0.3, 0.4) is 0 Å². The number of nitrogens with one attached hydrogen (secondary N) is 1. The number of hydrogen-bond donors (Lipinski definition) is 1. The molecule has 1 atom stereocenters. The Kier molecular flexibility index (Phi) is 5.53. The van der Waals surface area contributed by atoms with Crippen LogP contribution in [0.25, 0.3) is 11.4 Å². The quantitative estimate of drug-likeness (QED) is 0.668. The van der Waals surface area contributed by atoms with Crippen LogP contribution in [-0.4, -0.2) is 57.3 Å². The zero-order valence-electron chi connectivity index (χ0n) is 18.4. The molecule has 3 aromatic rings. The number of nitrogens with zero attached hydrogens (tertiary/aromatic N) is 5. The average Bonchev–Trinajstić information content (AvgIpc) is 3.23. The number of anilines is 1. The Morgan fingerprint density at radius 3 is 2.55 bits per heavy atom. The lowest BCUT2D eigenvalue weighted by Gasteiger charge is -2.35. The smallest absolute Gasteiger partial charge is 0.318 e. The lowest BCUT2D eigenvalue weighted by Crippen LogP contribution is -2.56. The van der Waals surface area contributed by atoms with Gasteiger partial charge in [0.2, 0.25) is 5.91 Å². The van der Waals surface area contributed by atoms with Crippen molar-refractivity contribution in [3.63, 3.8) is 0 Å². The molecule has 2 aliphatic heterocycles. The molecule has 33 heavy (non-hydrogen) atoms. The molecular formula is C24H25FN6O2. The van der Waals surface area contributed by atoms with Gasteiger partial charge in [0, 0.05) is 43.3 Å². The maximum absolute atomic E-state index is 13.3. The molecule has 3 amide bonds. The van der Waals surface area contributed by atoms with Crippen molar-refractivity contribution >= 4 is 17.6 Å². The Morgan fingerprint density at radius 2 is 1.82 bits per heavy atom. The van der Waals surface area contributed by atoms with Crippen molar-refractivity contribution < 1.29 is 14.0 Å². The van der Waals surface area contributed by atoms with Crippen molar-refractivity contribution in [1.82, 2.24) is 25.0 Å². The second-order valence-corrected chi connectivity index (χ2v) is 8.54. The molecule has 8 nitrogen and oxygen atoms in total. The van der Waals surface area contributed by atoms with E-state index >= 15 is 0 Å². The van der Waals surface area contributed by atoms with E-state index < -0.39 is 0 Å². The van der Waals surface area contributed by atoms with Gasteiger partial charge in [-0.2, -0.15) is 0 Å². The van der Waals surface area contributed by atoms with Crippen LogP contribution in [0.15, 0.2) is 48.5 Å². The number of carbonyl (C=O) groups is 2. The van der Waals surface area contributed by atoms with E-state index in [0.717, 1.165) is 29.1 Å². The fourth-order valence-corrected chi connectivity index (χ4v) is 4.37. The summed E-state index contributed by atoms with van der Waals surface area (Å²) in [6.07, 6.45) is 1.42. The summed E-state index contributed by atoms with van der Waals surface area (Å²) >= 11 is 0. The Balaban J connectivity index is 1.22. The molecule has 2 aromatic carbocycles. The molecule has 9 heteroatoms. The highest BCUT2D eigenvalue weighted by atomic mass is 19.1. The van der Waals surface area contributed by atoms with Crippen LogP contribution < -0.4 is 10.2 Å². The number of aromatic nitrogens is 3. The van der Waals surface area contributed by atoms with Gasteiger partial charge in [-0.1, -0.05) is 17.7 Å². The van der Waals surface area contributed by atoms with Gasteiger partial charge in [-0.05, 0) is 49.7 Å². The van der Waals surface area contributed by atoms with Gasteiger partial charge in [0.05, 0.1) is 0 Å². The number of benzene rings is 2. The van der Waals surface area contributed by atoms with Crippen LogP contribution in [-0.2, 0) is 17.8 Å². The number of hydrogen-bond acceptors (Lipinski definition) is 4. The minimum atomic E-state index is -0.306. The van der Waals surface area contributed by atoms with Gasteiger partial charge in [-0.25, -0.2) is 9.18 Å². The Hall–Kier alpha value is -3.75. The highest BCUT2D eigenvalue weighted by Gasteiger charge is 2.30. The maximum Gasteiger partial charge on any atom is 0.318 e. The number of halogens is 1. The number of carbonyl (C=O) groups excluding carboxylic acids is 2. The lowest BCUT2D eigenvalue weighted by atomic mass is 10.1. The van der Waals surface area contributed by atoms with E-state index in [1.807, 2.05) is 35.8 Å². The molecule has 1 N–H and O–H groups in total. The van der Waals surface area contributed by atoms with E-state index in [1.54, 1.807) is 21.9 Å². The summed E-state index contributed by atoms with van der Waals surface area (Å²) in [6.45, 7) is 3.51. The molecule has 0 radical (unpaired) electrons. The number of fused-ring (bicyclic) bond motifs is 1. The van der Waals surface area contributed by atoms with Crippen LogP contribution in [0, 0.1) is 12.7 Å². The van der Waals surface area contributed by atoms with Crippen molar-refractivity contribution in [3.8, 4) is 11.4 Å². The van der Waals surface area contributed by atoms with E-state index in [0.29, 0.717) is 31.9 Å². The Morgan fingerprint density at radius 1 is 1.06 bits per heavy atom. The second kappa shape index (κ2) is 8.65. The van der Waals surface area contributed by atoms with Crippen molar-refractivity contribution in [1.29, 1.82) is 0 Å². The molecule has 0 aliphatic carbocycles. The molecule has 0 spiro atoms. The summed E-state index contributed by atoms with van der Waals surface area (Å²) in [5, 5.41) is 11.6. The van der Waals surface area contributed by atoms with Gasteiger partial charge in [0.15, 0.2) is 5.82 Å². The number of urea groups is 1. The summed E-state index contributed by atoms with van der Waals surface area (Å²) in [5.41, 5.74) is 2.77. The van der Waals surface area contributed by atoms with Gasteiger partial charge in [-0.15, -0.1) is 10.2 Å². The molecule has 2 aliphatic rings. The van der Waals surface area contributed by atoms with Gasteiger partial charge in [0.1, 0.15) is 18.2 Å². The van der Waals surface area contributed by atoms with E-state index in [2.05, 4.69) is 15.5 Å². The first-order valence-corrected chi connectivity index (χ1v) is 11.1. The Bertz CT molecular complexity index is 1170. The minimum Gasteiger partial charge on any atom is -0.333 e. The third-order valence-corrected chi connectivity index (χ3v) is 6.23. The average molecular weight is 449 g/mol. The fourth-order valence-electron chi connectivity index (χ4n) is 4.37. The third-order valence-electron chi connectivity index (χ3n) is 6.23.